The zero-order chi connectivity index (χ0) is 11.0. The molecule has 4 heteroatoms. The number of rotatable bonds is 2. The third kappa shape index (κ3) is 1.67. The van der Waals surface area contributed by atoms with Crippen molar-refractivity contribution in [2.75, 3.05) is 14.2 Å². The van der Waals surface area contributed by atoms with Gasteiger partial charge in [-0.05, 0) is 28.7 Å². The van der Waals surface area contributed by atoms with Crippen molar-refractivity contribution in [3.05, 3.63) is 21.9 Å². The van der Waals surface area contributed by atoms with Gasteiger partial charge in [0.2, 0.25) is 0 Å². The first kappa shape index (κ1) is 10.6. The van der Waals surface area contributed by atoms with E-state index in [-0.39, 0.29) is 0 Å². The van der Waals surface area contributed by atoms with E-state index in [0.717, 1.165) is 17.0 Å². The minimum absolute atomic E-state index is 0.766. The highest BCUT2D eigenvalue weighted by Gasteiger charge is 2.10. The molecule has 1 heterocycles. The van der Waals surface area contributed by atoms with E-state index in [1.165, 1.54) is 8.96 Å². The van der Waals surface area contributed by atoms with Crippen molar-refractivity contribution in [2.24, 2.45) is 7.05 Å². The van der Waals surface area contributed by atoms with Crippen molar-refractivity contribution in [1.29, 1.82) is 0 Å². The van der Waals surface area contributed by atoms with E-state index in [9.17, 15) is 0 Å². The van der Waals surface area contributed by atoms with Crippen molar-refractivity contribution in [3.8, 4) is 11.5 Å². The summed E-state index contributed by atoms with van der Waals surface area (Å²) < 4.78 is 13.8. The number of benzene rings is 1. The average molecular weight is 317 g/mol. The Kier molecular flexibility index (Phi) is 2.77. The maximum Gasteiger partial charge on any atom is 0.162 e. The van der Waals surface area contributed by atoms with Crippen LogP contribution in [-0.2, 0) is 7.05 Å². The Morgan fingerprint density at radius 3 is 2.33 bits per heavy atom. The summed E-state index contributed by atoms with van der Waals surface area (Å²) in [7, 11) is 5.33. The Balaban J connectivity index is 2.77. The standard InChI is InChI=1S/C11H12INO2/c1-13-6-8(12)7-4-10(14-2)11(15-3)5-9(7)13/h4-6H,1-3H3. The van der Waals surface area contributed by atoms with Crippen molar-refractivity contribution in [2.45, 2.75) is 0 Å². The maximum atomic E-state index is 5.27. The minimum Gasteiger partial charge on any atom is -0.493 e. The maximum absolute atomic E-state index is 5.27. The normalized spacial score (nSPS) is 10.7. The summed E-state index contributed by atoms with van der Waals surface area (Å²) in [6.45, 7) is 0. The first-order valence-corrected chi connectivity index (χ1v) is 5.61. The average Bonchev–Trinajstić information content (AvgIpc) is 2.52. The molecular weight excluding hydrogens is 305 g/mol. The van der Waals surface area contributed by atoms with Crippen molar-refractivity contribution in [3.63, 3.8) is 0 Å². The quantitative estimate of drug-likeness (QED) is 0.795. The van der Waals surface area contributed by atoms with E-state index in [1.807, 2.05) is 19.2 Å². The van der Waals surface area contributed by atoms with Crippen LogP contribution < -0.4 is 9.47 Å². The van der Waals surface area contributed by atoms with Gasteiger partial charge in [-0.15, -0.1) is 0 Å². The number of hydrogen-bond donors (Lipinski definition) is 0. The molecule has 0 aliphatic rings. The molecule has 0 atom stereocenters. The van der Waals surface area contributed by atoms with Gasteiger partial charge in [-0.3, -0.25) is 0 Å². The van der Waals surface area contributed by atoms with Crippen molar-refractivity contribution in [1.82, 2.24) is 4.57 Å². The number of methoxy groups -OCH3 is 2. The summed E-state index contributed by atoms with van der Waals surface area (Å²) in [5.41, 5.74) is 1.15. The third-order valence-corrected chi connectivity index (χ3v) is 3.31. The van der Waals surface area contributed by atoms with Crippen LogP contribution in [0.15, 0.2) is 18.3 Å². The van der Waals surface area contributed by atoms with E-state index in [1.54, 1.807) is 14.2 Å². The fourth-order valence-corrected chi connectivity index (χ4v) is 2.51. The molecule has 2 aromatic rings. The van der Waals surface area contributed by atoms with Crippen LogP contribution in [0.3, 0.4) is 0 Å². The Labute approximate surface area is 102 Å². The molecule has 0 amide bonds. The highest BCUT2D eigenvalue weighted by Crippen LogP contribution is 2.34. The summed E-state index contributed by atoms with van der Waals surface area (Å²) in [5.74, 6) is 1.54. The monoisotopic (exact) mass is 317 g/mol. The lowest BCUT2D eigenvalue weighted by molar-refractivity contribution is 0.355. The van der Waals surface area contributed by atoms with Gasteiger partial charge >= 0.3 is 0 Å². The van der Waals surface area contributed by atoms with Crippen LogP contribution in [0.2, 0.25) is 0 Å². The van der Waals surface area contributed by atoms with Crippen LogP contribution in [0, 0.1) is 3.57 Å². The van der Waals surface area contributed by atoms with Crippen LogP contribution in [0.1, 0.15) is 0 Å². The Morgan fingerprint density at radius 1 is 1.13 bits per heavy atom. The summed E-state index contributed by atoms with van der Waals surface area (Å²) in [4.78, 5) is 0. The first-order chi connectivity index (χ1) is 7.17. The lowest BCUT2D eigenvalue weighted by Crippen LogP contribution is -1.91. The second-order valence-electron chi connectivity index (χ2n) is 3.31. The predicted octanol–water partition coefficient (Wildman–Crippen LogP) is 2.80. The van der Waals surface area contributed by atoms with Gasteiger partial charge in [-0.2, -0.15) is 0 Å². The topological polar surface area (TPSA) is 23.4 Å². The molecule has 0 spiro atoms. The van der Waals surface area contributed by atoms with Crippen LogP contribution in [0.25, 0.3) is 10.9 Å². The smallest absolute Gasteiger partial charge is 0.162 e. The van der Waals surface area contributed by atoms with Crippen LogP contribution in [-0.4, -0.2) is 18.8 Å². The third-order valence-electron chi connectivity index (χ3n) is 2.45. The number of aromatic nitrogens is 1. The highest BCUT2D eigenvalue weighted by atomic mass is 127. The molecule has 0 bridgehead atoms. The Bertz CT molecular complexity index is 461. The lowest BCUT2D eigenvalue weighted by Gasteiger charge is -2.08. The van der Waals surface area contributed by atoms with Gasteiger partial charge in [-0.25, -0.2) is 0 Å². The molecule has 0 radical (unpaired) electrons. The van der Waals surface area contributed by atoms with E-state index >= 15 is 0 Å². The van der Waals surface area contributed by atoms with Gasteiger partial charge in [0.25, 0.3) is 0 Å². The second-order valence-corrected chi connectivity index (χ2v) is 4.47. The van der Waals surface area contributed by atoms with Gasteiger partial charge in [0.1, 0.15) is 0 Å². The van der Waals surface area contributed by atoms with Crippen LogP contribution in [0.5, 0.6) is 11.5 Å². The fourth-order valence-electron chi connectivity index (χ4n) is 1.66. The van der Waals surface area contributed by atoms with Gasteiger partial charge in [0, 0.05) is 28.3 Å². The van der Waals surface area contributed by atoms with Gasteiger partial charge in [0.15, 0.2) is 11.5 Å². The van der Waals surface area contributed by atoms with E-state index in [2.05, 4.69) is 33.4 Å². The van der Waals surface area contributed by atoms with E-state index in [0.29, 0.717) is 0 Å². The summed E-state index contributed by atoms with van der Waals surface area (Å²) in [6, 6.07) is 4.01. The highest BCUT2D eigenvalue weighted by molar-refractivity contribution is 14.1. The zero-order valence-corrected chi connectivity index (χ0v) is 11.0. The molecule has 0 saturated carbocycles. The lowest BCUT2D eigenvalue weighted by atomic mass is 10.2. The Hall–Kier alpha value is -0.910. The van der Waals surface area contributed by atoms with Crippen LogP contribution in [0.4, 0.5) is 0 Å². The minimum atomic E-state index is 0.766. The first-order valence-electron chi connectivity index (χ1n) is 4.54. The van der Waals surface area contributed by atoms with Crippen LogP contribution >= 0.6 is 22.6 Å². The zero-order valence-electron chi connectivity index (χ0n) is 8.87. The number of aryl methyl sites for hydroxylation is 1. The molecule has 1 aromatic carbocycles. The molecule has 2 rings (SSSR count). The molecule has 0 unspecified atom stereocenters. The van der Waals surface area contributed by atoms with Gasteiger partial charge < -0.3 is 14.0 Å². The van der Waals surface area contributed by atoms with E-state index < -0.39 is 0 Å². The van der Waals surface area contributed by atoms with Gasteiger partial charge in [-0.1, -0.05) is 0 Å². The summed E-state index contributed by atoms with van der Waals surface area (Å²) >= 11 is 2.32. The molecule has 3 nitrogen and oxygen atoms in total. The predicted molar refractivity (Wildman–Crippen MR) is 68.7 cm³/mol. The molecule has 0 aliphatic heterocycles. The summed E-state index contributed by atoms with van der Waals surface area (Å²) in [6.07, 6.45) is 2.09. The number of hydrogen-bond acceptors (Lipinski definition) is 2. The summed E-state index contributed by atoms with van der Waals surface area (Å²) in [5, 5.41) is 1.19. The van der Waals surface area contributed by atoms with Crippen molar-refractivity contribution >= 4 is 33.5 Å². The van der Waals surface area contributed by atoms with Crippen molar-refractivity contribution < 1.29 is 9.47 Å². The molecule has 0 aliphatic carbocycles. The number of nitrogens with zero attached hydrogens (tertiary/aromatic N) is 1. The SMILES string of the molecule is COc1cc2c(I)cn(C)c2cc1OC. The van der Waals surface area contributed by atoms with Gasteiger partial charge in [0.05, 0.1) is 19.7 Å². The fraction of sp³-hybridized carbons (Fsp3) is 0.273. The molecule has 1 aromatic heterocycles. The molecule has 80 valence electrons. The molecular formula is C11H12INO2. The molecule has 15 heavy (non-hydrogen) atoms. The largest absolute Gasteiger partial charge is 0.493 e. The number of ether oxygens (including phenoxy) is 2. The molecule has 0 saturated heterocycles. The molecule has 0 N–H and O–H groups in total. The second kappa shape index (κ2) is 3.92. The number of halogens is 1. The molecule has 0 fully saturated rings. The number of fused-ring (bicyclic) bond motifs is 1. The van der Waals surface area contributed by atoms with E-state index in [4.69, 9.17) is 9.47 Å². The Morgan fingerprint density at radius 2 is 1.73 bits per heavy atom.